The second-order valence-electron chi connectivity index (χ2n) is 4.12. The molecule has 0 aliphatic carbocycles. The average molecular weight is 222 g/mol. The molecule has 2 N–H and O–H groups in total. The molecule has 5 nitrogen and oxygen atoms in total. The zero-order valence-corrected chi connectivity index (χ0v) is 9.76. The Bertz CT molecular complexity index is 387. The highest BCUT2D eigenvalue weighted by Crippen LogP contribution is 2.31. The lowest BCUT2D eigenvalue weighted by Gasteiger charge is -2.24. The Morgan fingerprint density at radius 3 is 2.81 bits per heavy atom. The van der Waals surface area contributed by atoms with E-state index >= 15 is 0 Å². The molecule has 0 bridgehead atoms. The molecular formula is C11H18N4O. The molecule has 1 saturated heterocycles. The monoisotopic (exact) mass is 222 g/mol. The summed E-state index contributed by atoms with van der Waals surface area (Å²) in [6, 6.07) is -0.111. The van der Waals surface area contributed by atoms with Gasteiger partial charge < -0.3 is 10.6 Å². The SMILES string of the molecule is CCN1C(=O)C[C@@H](N)[C@@H]1c1cnn(CC)c1. The molecule has 0 unspecified atom stereocenters. The summed E-state index contributed by atoms with van der Waals surface area (Å²) >= 11 is 0. The number of nitrogens with zero attached hydrogens (tertiary/aromatic N) is 3. The summed E-state index contributed by atoms with van der Waals surface area (Å²) in [4.78, 5) is 13.5. The van der Waals surface area contributed by atoms with Gasteiger partial charge in [-0.2, -0.15) is 5.10 Å². The number of hydrogen-bond donors (Lipinski definition) is 1. The van der Waals surface area contributed by atoms with Gasteiger partial charge in [0.25, 0.3) is 0 Å². The summed E-state index contributed by atoms with van der Waals surface area (Å²) in [7, 11) is 0. The molecule has 88 valence electrons. The van der Waals surface area contributed by atoms with E-state index in [1.165, 1.54) is 0 Å². The van der Waals surface area contributed by atoms with E-state index in [-0.39, 0.29) is 18.0 Å². The lowest BCUT2D eigenvalue weighted by Crippen LogP contribution is -2.32. The van der Waals surface area contributed by atoms with Crippen molar-refractivity contribution in [3.8, 4) is 0 Å². The van der Waals surface area contributed by atoms with Crippen molar-refractivity contribution < 1.29 is 4.79 Å². The molecule has 1 aromatic rings. The first-order valence-corrected chi connectivity index (χ1v) is 5.74. The van der Waals surface area contributed by atoms with Gasteiger partial charge in [-0.15, -0.1) is 0 Å². The molecule has 1 aliphatic rings. The molecule has 0 radical (unpaired) electrons. The van der Waals surface area contributed by atoms with Crippen LogP contribution in [0.15, 0.2) is 12.4 Å². The molecule has 0 saturated carbocycles. The molecular weight excluding hydrogens is 204 g/mol. The topological polar surface area (TPSA) is 64.2 Å². The summed E-state index contributed by atoms with van der Waals surface area (Å²) in [6.07, 6.45) is 4.23. The zero-order chi connectivity index (χ0) is 11.7. The van der Waals surface area contributed by atoms with Crippen LogP contribution in [0.5, 0.6) is 0 Å². The van der Waals surface area contributed by atoms with E-state index in [0.717, 1.165) is 12.1 Å². The van der Waals surface area contributed by atoms with Crippen LogP contribution in [-0.2, 0) is 11.3 Å². The van der Waals surface area contributed by atoms with Crippen molar-refractivity contribution in [2.75, 3.05) is 6.54 Å². The first-order chi connectivity index (χ1) is 7.67. The molecule has 1 aliphatic heterocycles. The van der Waals surface area contributed by atoms with E-state index in [4.69, 9.17) is 5.73 Å². The van der Waals surface area contributed by atoms with E-state index in [1.54, 1.807) is 0 Å². The minimum atomic E-state index is -0.109. The highest BCUT2D eigenvalue weighted by molar-refractivity contribution is 5.80. The predicted molar refractivity (Wildman–Crippen MR) is 60.6 cm³/mol. The van der Waals surface area contributed by atoms with Crippen LogP contribution in [0.3, 0.4) is 0 Å². The Morgan fingerprint density at radius 2 is 2.25 bits per heavy atom. The molecule has 16 heavy (non-hydrogen) atoms. The van der Waals surface area contributed by atoms with E-state index in [9.17, 15) is 4.79 Å². The van der Waals surface area contributed by atoms with Gasteiger partial charge in [-0.1, -0.05) is 0 Å². The highest BCUT2D eigenvalue weighted by atomic mass is 16.2. The van der Waals surface area contributed by atoms with E-state index in [2.05, 4.69) is 5.10 Å². The van der Waals surface area contributed by atoms with Gasteiger partial charge in [-0.05, 0) is 13.8 Å². The van der Waals surface area contributed by atoms with Gasteiger partial charge in [0, 0.05) is 37.3 Å². The van der Waals surface area contributed by atoms with Crippen LogP contribution in [0.1, 0.15) is 31.9 Å². The van der Waals surface area contributed by atoms with Gasteiger partial charge in [0.05, 0.1) is 12.2 Å². The Hall–Kier alpha value is -1.36. The normalized spacial score (nSPS) is 25.4. The van der Waals surface area contributed by atoms with Crippen LogP contribution in [0.25, 0.3) is 0 Å². The number of amides is 1. The van der Waals surface area contributed by atoms with Crippen LogP contribution >= 0.6 is 0 Å². The van der Waals surface area contributed by atoms with Crippen LogP contribution < -0.4 is 5.73 Å². The second-order valence-corrected chi connectivity index (χ2v) is 4.12. The Morgan fingerprint density at radius 1 is 1.50 bits per heavy atom. The van der Waals surface area contributed by atoms with Crippen LogP contribution in [0.2, 0.25) is 0 Å². The highest BCUT2D eigenvalue weighted by Gasteiger charge is 2.38. The number of carbonyl (C=O) groups excluding carboxylic acids is 1. The van der Waals surface area contributed by atoms with Crippen LogP contribution in [0.4, 0.5) is 0 Å². The van der Waals surface area contributed by atoms with Gasteiger partial charge in [-0.3, -0.25) is 9.48 Å². The lowest BCUT2D eigenvalue weighted by atomic mass is 10.0. The summed E-state index contributed by atoms with van der Waals surface area (Å²) in [5.41, 5.74) is 7.06. The number of aromatic nitrogens is 2. The predicted octanol–water partition coefficient (Wildman–Crippen LogP) is 0.524. The summed E-state index contributed by atoms with van der Waals surface area (Å²) in [5.74, 6) is 0.143. The molecule has 0 spiro atoms. The fourth-order valence-electron chi connectivity index (χ4n) is 2.32. The van der Waals surface area contributed by atoms with Crippen molar-refractivity contribution in [3.63, 3.8) is 0 Å². The van der Waals surface area contributed by atoms with Gasteiger partial charge in [-0.25, -0.2) is 0 Å². The first kappa shape index (κ1) is 11.1. The van der Waals surface area contributed by atoms with Crippen molar-refractivity contribution >= 4 is 5.91 Å². The quantitative estimate of drug-likeness (QED) is 0.811. The number of likely N-dealkylation sites (N-methyl/N-ethyl adjacent to an activating group) is 1. The number of nitrogens with two attached hydrogens (primary N) is 1. The first-order valence-electron chi connectivity index (χ1n) is 5.74. The minimum Gasteiger partial charge on any atom is -0.334 e. The number of carbonyl (C=O) groups is 1. The number of likely N-dealkylation sites (tertiary alicyclic amines) is 1. The van der Waals surface area contributed by atoms with E-state index < -0.39 is 0 Å². The van der Waals surface area contributed by atoms with Crippen molar-refractivity contribution in [2.45, 2.75) is 38.9 Å². The van der Waals surface area contributed by atoms with E-state index in [0.29, 0.717) is 13.0 Å². The Labute approximate surface area is 95.2 Å². The van der Waals surface area contributed by atoms with Gasteiger partial charge in [0.15, 0.2) is 0 Å². The smallest absolute Gasteiger partial charge is 0.224 e. The van der Waals surface area contributed by atoms with Crippen molar-refractivity contribution in [1.82, 2.24) is 14.7 Å². The van der Waals surface area contributed by atoms with Crippen molar-refractivity contribution in [3.05, 3.63) is 18.0 Å². The number of rotatable bonds is 3. The van der Waals surface area contributed by atoms with Crippen LogP contribution in [-0.4, -0.2) is 33.2 Å². The molecule has 0 aromatic carbocycles. The van der Waals surface area contributed by atoms with Gasteiger partial charge in [0.2, 0.25) is 5.91 Å². The summed E-state index contributed by atoms with van der Waals surface area (Å²) < 4.78 is 1.86. The number of aryl methyl sites for hydroxylation is 1. The second kappa shape index (κ2) is 4.25. The largest absolute Gasteiger partial charge is 0.334 e. The fourth-order valence-corrected chi connectivity index (χ4v) is 2.32. The Kier molecular flexibility index (Phi) is 2.96. The summed E-state index contributed by atoms with van der Waals surface area (Å²) in [6.45, 7) is 5.55. The third kappa shape index (κ3) is 1.71. The maximum Gasteiger partial charge on any atom is 0.224 e. The maximum atomic E-state index is 11.7. The molecule has 5 heteroatoms. The molecule has 1 aromatic heterocycles. The third-order valence-electron chi connectivity index (χ3n) is 3.13. The van der Waals surface area contributed by atoms with Crippen LogP contribution in [0, 0.1) is 0 Å². The standard InChI is InChI=1S/C11H18N4O/c1-3-14-7-8(6-13-14)11-9(12)5-10(16)15(11)4-2/h6-7,9,11H,3-5,12H2,1-2H3/t9-,11+/m1/s1. The molecule has 1 amide bonds. The molecule has 2 atom stereocenters. The fraction of sp³-hybridized carbons (Fsp3) is 0.636. The lowest BCUT2D eigenvalue weighted by molar-refractivity contribution is -0.128. The molecule has 2 heterocycles. The number of hydrogen-bond acceptors (Lipinski definition) is 3. The van der Waals surface area contributed by atoms with Gasteiger partial charge >= 0.3 is 0 Å². The third-order valence-corrected chi connectivity index (χ3v) is 3.13. The summed E-state index contributed by atoms with van der Waals surface area (Å²) in [5, 5.41) is 4.23. The van der Waals surface area contributed by atoms with Crippen molar-refractivity contribution in [2.24, 2.45) is 5.73 Å². The average Bonchev–Trinajstić information content (AvgIpc) is 2.82. The molecule has 2 rings (SSSR count). The van der Waals surface area contributed by atoms with Crippen molar-refractivity contribution in [1.29, 1.82) is 0 Å². The van der Waals surface area contributed by atoms with E-state index in [1.807, 2.05) is 35.8 Å². The van der Waals surface area contributed by atoms with Gasteiger partial charge in [0.1, 0.15) is 0 Å². The zero-order valence-electron chi connectivity index (χ0n) is 9.76. The Balaban J connectivity index is 2.27. The molecule has 1 fully saturated rings. The maximum absolute atomic E-state index is 11.7. The minimum absolute atomic E-state index is 0.00204.